The maximum absolute atomic E-state index is 12.2. The van der Waals surface area contributed by atoms with Crippen LogP contribution in [0.4, 0.5) is 5.69 Å². The van der Waals surface area contributed by atoms with E-state index in [1.165, 1.54) is 0 Å². The molecule has 0 aliphatic carbocycles. The van der Waals surface area contributed by atoms with E-state index in [1.807, 2.05) is 0 Å². The molecule has 1 aromatic carbocycles. The fourth-order valence-corrected chi connectivity index (χ4v) is 2.36. The number of halogens is 1. The maximum Gasteiger partial charge on any atom is 0.256 e. The summed E-state index contributed by atoms with van der Waals surface area (Å²) >= 11 is 5.79. The number of aliphatic hydroxyl groups is 1. The molecule has 1 saturated heterocycles. The summed E-state index contributed by atoms with van der Waals surface area (Å²) in [6.45, 7) is 0.672. The number of likely N-dealkylation sites (tertiary alicyclic amines) is 1. The first kappa shape index (κ1) is 12.2. The number of hydrogen-bond donors (Lipinski definition) is 2. The predicted molar refractivity (Wildman–Crippen MR) is 67.0 cm³/mol. The van der Waals surface area contributed by atoms with Crippen LogP contribution in [-0.4, -0.2) is 35.1 Å². The molecule has 1 aliphatic heterocycles. The lowest BCUT2D eigenvalue weighted by atomic mass is 10.1. The Bertz CT molecular complexity index is 437. The highest BCUT2D eigenvalue weighted by molar-refractivity contribution is 6.31. The van der Waals surface area contributed by atoms with Gasteiger partial charge in [0, 0.05) is 17.3 Å². The van der Waals surface area contributed by atoms with Crippen molar-refractivity contribution in [3.05, 3.63) is 28.8 Å². The SMILES string of the molecule is Nc1cc(Cl)ccc1C(=O)N1CCC[C@H]1CO. The predicted octanol–water partition coefficient (Wildman–Crippen LogP) is 1.52. The number of carbonyl (C=O) groups excluding carboxylic acids is 1. The van der Waals surface area contributed by atoms with Crippen molar-refractivity contribution in [3.8, 4) is 0 Å². The van der Waals surface area contributed by atoms with Crippen LogP contribution in [0.1, 0.15) is 23.2 Å². The first-order valence-corrected chi connectivity index (χ1v) is 5.98. The third-order valence-corrected chi connectivity index (χ3v) is 3.33. The number of benzene rings is 1. The largest absolute Gasteiger partial charge is 0.398 e. The molecule has 5 heteroatoms. The number of rotatable bonds is 2. The van der Waals surface area contributed by atoms with Gasteiger partial charge in [0.2, 0.25) is 0 Å². The van der Waals surface area contributed by atoms with Crippen LogP contribution >= 0.6 is 11.6 Å². The molecule has 0 bridgehead atoms. The molecule has 0 saturated carbocycles. The van der Waals surface area contributed by atoms with Crippen LogP contribution in [-0.2, 0) is 0 Å². The topological polar surface area (TPSA) is 66.6 Å². The lowest BCUT2D eigenvalue weighted by Gasteiger charge is -2.23. The van der Waals surface area contributed by atoms with Gasteiger partial charge in [0.05, 0.1) is 18.2 Å². The smallest absolute Gasteiger partial charge is 0.256 e. The Morgan fingerprint density at radius 3 is 3.00 bits per heavy atom. The van der Waals surface area contributed by atoms with Crippen molar-refractivity contribution < 1.29 is 9.90 Å². The maximum atomic E-state index is 12.2. The average Bonchev–Trinajstić information content (AvgIpc) is 2.76. The molecule has 0 unspecified atom stereocenters. The van der Waals surface area contributed by atoms with Gasteiger partial charge in [-0.1, -0.05) is 11.6 Å². The van der Waals surface area contributed by atoms with Crippen molar-refractivity contribution >= 4 is 23.2 Å². The van der Waals surface area contributed by atoms with Gasteiger partial charge < -0.3 is 15.7 Å². The molecule has 1 aliphatic rings. The molecule has 17 heavy (non-hydrogen) atoms. The molecule has 0 spiro atoms. The van der Waals surface area contributed by atoms with E-state index in [0.29, 0.717) is 22.8 Å². The molecular weight excluding hydrogens is 240 g/mol. The van der Waals surface area contributed by atoms with E-state index < -0.39 is 0 Å². The molecule has 1 aromatic rings. The molecule has 2 rings (SSSR count). The van der Waals surface area contributed by atoms with E-state index in [0.717, 1.165) is 12.8 Å². The Labute approximate surface area is 105 Å². The summed E-state index contributed by atoms with van der Waals surface area (Å²) < 4.78 is 0. The van der Waals surface area contributed by atoms with E-state index in [2.05, 4.69) is 0 Å². The molecule has 0 aromatic heterocycles. The van der Waals surface area contributed by atoms with Crippen molar-refractivity contribution in [3.63, 3.8) is 0 Å². The standard InChI is InChI=1S/C12H15ClN2O2/c13-8-3-4-10(11(14)6-8)12(17)15-5-1-2-9(15)7-16/h3-4,6,9,16H,1-2,5,7,14H2/t9-/m0/s1. The Hall–Kier alpha value is -1.26. The minimum absolute atomic E-state index is 0.000759. The Morgan fingerprint density at radius 1 is 1.59 bits per heavy atom. The van der Waals surface area contributed by atoms with Crippen LogP contribution in [0.15, 0.2) is 18.2 Å². The van der Waals surface area contributed by atoms with E-state index in [1.54, 1.807) is 23.1 Å². The van der Waals surface area contributed by atoms with Crippen molar-refractivity contribution in [1.29, 1.82) is 0 Å². The van der Waals surface area contributed by atoms with Crippen molar-refractivity contribution in [1.82, 2.24) is 4.90 Å². The van der Waals surface area contributed by atoms with E-state index >= 15 is 0 Å². The van der Waals surface area contributed by atoms with Gasteiger partial charge in [0.15, 0.2) is 0 Å². The number of anilines is 1. The van der Waals surface area contributed by atoms with Crippen molar-refractivity contribution in [2.45, 2.75) is 18.9 Å². The van der Waals surface area contributed by atoms with Gasteiger partial charge in [0.25, 0.3) is 5.91 Å². The number of aliphatic hydroxyl groups excluding tert-OH is 1. The second-order valence-electron chi connectivity index (χ2n) is 4.21. The van der Waals surface area contributed by atoms with Crippen LogP contribution < -0.4 is 5.73 Å². The second-order valence-corrected chi connectivity index (χ2v) is 4.65. The third kappa shape index (κ3) is 2.37. The summed E-state index contributed by atoms with van der Waals surface area (Å²) in [6.07, 6.45) is 1.76. The molecule has 4 nitrogen and oxygen atoms in total. The van der Waals surface area contributed by atoms with Crippen LogP contribution in [0, 0.1) is 0 Å². The summed E-state index contributed by atoms with van der Waals surface area (Å²) in [5.74, 6) is -0.129. The monoisotopic (exact) mass is 254 g/mol. The van der Waals surface area contributed by atoms with Gasteiger partial charge in [-0.05, 0) is 31.0 Å². The van der Waals surface area contributed by atoms with Crippen LogP contribution in [0.5, 0.6) is 0 Å². The quantitative estimate of drug-likeness (QED) is 0.787. The third-order valence-electron chi connectivity index (χ3n) is 3.09. The molecule has 1 heterocycles. The Kier molecular flexibility index (Phi) is 3.54. The van der Waals surface area contributed by atoms with Gasteiger partial charge in [-0.25, -0.2) is 0 Å². The number of nitrogens with two attached hydrogens (primary N) is 1. The lowest BCUT2D eigenvalue weighted by molar-refractivity contribution is 0.0678. The normalized spacial score (nSPS) is 19.6. The average molecular weight is 255 g/mol. The Balaban J connectivity index is 2.24. The van der Waals surface area contributed by atoms with Crippen molar-refractivity contribution in [2.24, 2.45) is 0 Å². The zero-order valence-corrected chi connectivity index (χ0v) is 10.2. The van der Waals surface area contributed by atoms with Crippen LogP contribution in [0.2, 0.25) is 5.02 Å². The fourth-order valence-electron chi connectivity index (χ4n) is 2.18. The first-order valence-electron chi connectivity index (χ1n) is 5.60. The highest BCUT2D eigenvalue weighted by Gasteiger charge is 2.29. The summed E-state index contributed by atoms with van der Waals surface area (Å²) in [5.41, 5.74) is 6.62. The number of amides is 1. The van der Waals surface area contributed by atoms with Gasteiger partial charge in [-0.15, -0.1) is 0 Å². The second kappa shape index (κ2) is 4.94. The number of nitrogens with zero attached hydrogens (tertiary/aromatic N) is 1. The van der Waals surface area contributed by atoms with Gasteiger partial charge >= 0.3 is 0 Å². The molecule has 0 radical (unpaired) electrons. The molecule has 1 atom stereocenters. The Morgan fingerprint density at radius 2 is 2.35 bits per heavy atom. The van der Waals surface area contributed by atoms with E-state index in [-0.39, 0.29) is 18.6 Å². The number of nitrogen functional groups attached to an aromatic ring is 1. The number of hydrogen-bond acceptors (Lipinski definition) is 3. The fraction of sp³-hybridized carbons (Fsp3) is 0.417. The number of carbonyl (C=O) groups is 1. The summed E-state index contributed by atoms with van der Waals surface area (Å²) in [4.78, 5) is 13.9. The highest BCUT2D eigenvalue weighted by Crippen LogP contribution is 2.24. The summed E-state index contributed by atoms with van der Waals surface area (Å²) in [7, 11) is 0. The van der Waals surface area contributed by atoms with Gasteiger partial charge in [-0.2, -0.15) is 0 Å². The van der Waals surface area contributed by atoms with Gasteiger partial charge in [0.1, 0.15) is 0 Å². The van der Waals surface area contributed by atoms with Crippen molar-refractivity contribution in [2.75, 3.05) is 18.9 Å². The molecule has 92 valence electrons. The van der Waals surface area contributed by atoms with Crippen LogP contribution in [0.25, 0.3) is 0 Å². The summed E-state index contributed by atoms with van der Waals surface area (Å²) in [5, 5.41) is 9.71. The minimum Gasteiger partial charge on any atom is -0.398 e. The molecule has 1 amide bonds. The summed E-state index contributed by atoms with van der Waals surface area (Å²) in [6, 6.07) is 4.76. The zero-order valence-electron chi connectivity index (χ0n) is 9.40. The highest BCUT2D eigenvalue weighted by atomic mass is 35.5. The molecule has 1 fully saturated rings. The minimum atomic E-state index is -0.129. The van der Waals surface area contributed by atoms with E-state index in [4.69, 9.17) is 17.3 Å². The molecular formula is C12H15ClN2O2. The lowest BCUT2D eigenvalue weighted by Crippen LogP contribution is -2.37. The van der Waals surface area contributed by atoms with E-state index in [9.17, 15) is 9.90 Å². The first-order chi connectivity index (χ1) is 8.13. The molecule has 3 N–H and O–H groups in total. The van der Waals surface area contributed by atoms with Gasteiger partial charge in [-0.3, -0.25) is 4.79 Å². The van der Waals surface area contributed by atoms with Crippen LogP contribution in [0.3, 0.4) is 0 Å². The zero-order chi connectivity index (χ0) is 12.4.